The Kier molecular flexibility index (Phi) is 3.55. The van der Waals surface area contributed by atoms with Crippen LogP contribution in [0, 0.1) is 25.2 Å². The van der Waals surface area contributed by atoms with Crippen LogP contribution in [0.1, 0.15) is 40.8 Å². The molecule has 0 bridgehead atoms. The van der Waals surface area contributed by atoms with E-state index in [2.05, 4.69) is 10.4 Å². The third-order valence-corrected chi connectivity index (χ3v) is 4.29. The average Bonchev–Trinajstić information content (AvgIpc) is 2.91. The molecule has 4 nitrogen and oxygen atoms in total. The van der Waals surface area contributed by atoms with E-state index < -0.39 is 18.3 Å². The SMILES string of the molecule is Cc1ccc([C@H]2C[C@@H](C(F)(F)F)n3ncc(C#N)c3N2)cc1C. The minimum absolute atomic E-state index is 0.118. The van der Waals surface area contributed by atoms with Crippen LogP contribution in [0.15, 0.2) is 24.4 Å². The normalized spacial score (nSPS) is 20.5. The summed E-state index contributed by atoms with van der Waals surface area (Å²) < 4.78 is 41.1. The lowest BCUT2D eigenvalue weighted by Gasteiger charge is -2.33. The number of nitriles is 1. The van der Waals surface area contributed by atoms with E-state index in [0.29, 0.717) is 0 Å². The lowest BCUT2D eigenvalue weighted by Crippen LogP contribution is -2.35. The molecule has 2 heterocycles. The van der Waals surface area contributed by atoms with Crippen LogP contribution in [0.3, 0.4) is 0 Å². The number of nitrogens with zero attached hydrogens (tertiary/aromatic N) is 3. The highest BCUT2D eigenvalue weighted by atomic mass is 19.4. The molecule has 0 spiro atoms. The molecule has 23 heavy (non-hydrogen) atoms. The Morgan fingerprint density at radius 1 is 1.30 bits per heavy atom. The van der Waals surface area contributed by atoms with Gasteiger partial charge in [-0.25, -0.2) is 4.68 Å². The molecule has 120 valence electrons. The van der Waals surface area contributed by atoms with Crippen molar-refractivity contribution >= 4 is 5.82 Å². The van der Waals surface area contributed by atoms with E-state index in [4.69, 9.17) is 5.26 Å². The van der Waals surface area contributed by atoms with Crippen molar-refractivity contribution in [1.29, 1.82) is 5.26 Å². The maximum atomic E-state index is 13.4. The molecular formula is C16H15F3N4. The summed E-state index contributed by atoms with van der Waals surface area (Å²) in [7, 11) is 0. The molecule has 0 radical (unpaired) electrons. The van der Waals surface area contributed by atoms with Crippen LogP contribution in [-0.2, 0) is 0 Å². The summed E-state index contributed by atoms with van der Waals surface area (Å²) >= 11 is 0. The van der Waals surface area contributed by atoms with Crippen LogP contribution in [-0.4, -0.2) is 16.0 Å². The van der Waals surface area contributed by atoms with Gasteiger partial charge in [0.1, 0.15) is 17.5 Å². The van der Waals surface area contributed by atoms with Crippen molar-refractivity contribution in [2.45, 2.75) is 38.5 Å². The fourth-order valence-electron chi connectivity index (χ4n) is 2.84. The minimum Gasteiger partial charge on any atom is -0.362 e. The third kappa shape index (κ3) is 2.65. The Hall–Kier alpha value is -2.49. The molecular weight excluding hydrogens is 305 g/mol. The first-order chi connectivity index (χ1) is 10.8. The second-order valence-electron chi connectivity index (χ2n) is 5.80. The predicted octanol–water partition coefficient (Wildman–Crippen LogP) is 4.03. The molecule has 2 aromatic rings. The summed E-state index contributed by atoms with van der Waals surface area (Å²) in [5.74, 6) is 0.129. The van der Waals surface area contributed by atoms with Crippen molar-refractivity contribution in [3.63, 3.8) is 0 Å². The molecule has 0 fully saturated rings. The summed E-state index contributed by atoms with van der Waals surface area (Å²) in [5.41, 5.74) is 3.00. The Balaban J connectivity index is 2.05. The van der Waals surface area contributed by atoms with Gasteiger partial charge in [0.15, 0.2) is 6.04 Å². The first-order valence-corrected chi connectivity index (χ1v) is 7.19. The summed E-state index contributed by atoms with van der Waals surface area (Å²) in [5, 5.41) is 15.9. The van der Waals surface area contributed by atoms with Gasteiger partial charge in [-0.3, -0.25) is 0 Å². The van der Waals surface area contributed by atoms with E-state index in [1.165, 1.54) is 6.20 Å². The second kappa shape index (κ2) is 5.30. The third-order valence-electron chi connectivity index (χ3n) is 4.29. The van der Waals surface area contributed by atoms with Crippen LogP contribution in [0.4, 0.5) is 19.0 Å². The Bertz CT molecular complexity index is 786. The van der Waals surface area contributed by atoms with Gasteiger partial charge in [-0.05, 0) is 30.5 Å². The molecule has 0 amide bonds. The van der Waals surface area contributed by atoms with Crippen molar-refractivity contribution in [3.05, 3.63) is 46.6 Å². The van der Waals surface area contributed by atoms with Gasteiger partial charge >= 0.3 is 6.18 Å². The molecule has 1 aromatic heterocycles. The van der Waals surface area contributed by atoms with Crippen LogP contribution in [0.2, 0.25) is 0 Å². The van der Waals surface area contributed by atoms with Crippen LogP contribution in [0.5, 0.6) is 0 Å². The summed E-state index contributed by atoms with van der Waals surface area (Å²) in [6.07, 6.45) is -3.41. The zero-order valence-corrected chi connectivity index (χ0v) is 12.6. The molecule has 0 aliphatic carbocycles. The second-order valence-corrected chi connectivity index (χ2v) is 5.80. The first kappa shape index (κ1) is 15.4. The van der Waals surface area contributed by atoms with E-state index in [9.17, 15) is 13.2 Å². The standard InChI is InChI=1S/C16H15F3N4/c1-9-3-4-11(5-10(9)2)13-6-14(16(17,18)19)23-15(22-13)12(7-20)8-21-23/h3-5,8,13-14,22H,6H2,1-2H3/t13-,14+/m1/s1. The number of hydrogen-bond donors (Lipinski definition) is 1. The summed E-state index contributed by atoms with van der Waals surface area (Å²) in [6, 6.07) is 5.23. The number of halogens is 3. The van der Waals surface area contributed by atoms with Gasteiger partial charge in [-0.2, -0.15) is 23.5 Å². The molecule has 1 N–H and O–H groups in total. The van der Waals surface area contributed by atoms with Crippen LogP contribution >= 0.6 is 0 Å². The summed E-state index contributed by atoms with van der Waals surface area (Å²) in [4.78, 5) is 0. The summed E-state index contributed by atoms with van der Waals surface area (Å²) in [6.45, 7) is 3.88. The maximum Gasteiger partial charge on any atom is 0.410 e. The number of benzene rings is 1. The predicted molar refractivity (Wildman–Crippen MR) is 78.9 cm³/mol. The lowest BCUT2D eigenvalue weighted by molar-refractivity contribution is -0.173. The van der Waals surface area contributed by atoms with Crippen molar-refractivity contribution in [3.8, 4) is 6.07 Å². The fourth-order valence-corrected chi connectivity index (χ4v) is 2.84. The lowest BCUT2D eigenvalue weighted by atomic mass is 9.94. The van der Waals surface area contributed by atoms with Crippen molar-refractivity contribution in [2.24, 2.45) is 0 Å². The van der Waals surface area contributed by atoms with E-state index in [1.54, 1.807) is 0 Å². The van der Waals surface area contributed by atoms with Crippen molar-refractivity contribution in [2.75, 3.05) is 5.32 Å². The van der Waals surface area contributed by atoms with E-state index in [0.717, 1.165) is 21.4 Å². The zero-order valence-electron chi connectivity index (χ0n) is 12.6. The van der Waals surface area contributed by atoms with Crippen LogP contribution in [0.25, 0.3) is 0 Å². The van der Waals surface area contributed by atoms with Crippen LogP contribution < -0.4 is 5.32 Å². The average molecular weight is 320 g/mol. The monoisotopic (exact) mass is 320 g/mol. The number of fused-ring (bicyclic) bond motifs is 1. The van der Waals surface area contributed by atoms with Gasteiger partial charge in [-0.1, -0.05) is 18.2 Å². The highest BCUT2D eigenvalue weighted by Gasteiger charge is 2.46. The van der Waals surface area contributed by atoms with Gasteiger partial charge in [0.05, 0.1) is 12.2 Å². The van der Waals surface area contributed by atoms with Gasteiger partial charge in [-0.15, -0.1) is 0 Å². The minimum atomic E-state index is -4.42. The molecule has 2 atom stereocenters. The Morgan fingerprint density at radius 3 is 2.65 bits per heavy atom. The number of alkyl halides is 3. The number of aromatic nitrogens is 2. The zero-order chi connectivity index (χ0) is 16.8. The van der Waals surface area contributed by atoms with E-state index >= 15 is 0 Å². The van der Waals surface area contributed by atoms with Gasteiger partial charge in [0, 0.05) is 6.42 Å². The molecule has 1 aliphatic heterocycles. The Morgan fingerprint density at radius 2 is 2.04 bits per heavy atom. The van der Waals surface area contributed by atoms with Crippen molar-refractivity contribution < 1.29 is 13.2 Å². The molecule has 0 unspecified atom stereocenters. The number of hydrogen-bond acceptors (Lipinski definition) is 3. The number of rotatable bonds is 1. The highest BCUT2D eigenvalue weighted by Crippen LogP contribution is 2.44. The topological polar surface area (TPSA) is 53.6 Å². The fraction of sp³-hybridized carbons (Fsp3) is 0.375. The molecule has 0 saturated heterocycles. The quantitative estimate of drug-likeness (QED) is 0.863. The number of aryl methyl sites for hydroxylation is 2. The molecule has 1 aromatic carbocycles. The number of anilines is 1. The molecule has 0 saturated carbocycles. The molecule has 1 aliphatic rings. The van der Waals surface area contributed by atoms with Gasteiger partial charge < -0.3 is 5.32 Å². The van der Waals surface area contributed by atoms with Gasteiger partial charge in [0.25, 0.3) is 0 Å². The van der Waals surface area contributed by atoms with E-state index in [1.807, 2.05) is 38.1 Å². The first-order valence-electron chi connectivity index (χ1n) is 7.19. The maximum absolute atomic E-state index is 13.4. The number of nitrogens with one attached hydrogen (secondary N) is 1. The van der Waals surface area contributed by atoms with E-state index in [-0.39, 0.29) is 17.8 Å². The largest absolute Gasteiger partial charge is 0.410 e. The van der Waals surface area contributed by atoms with Crippen molar-refractivity contribution in [1.82, 2.24) is 9.78 Å². The Labute approximate surface area is 131 Å². The smallest absolute Gasteiger partial charge is 0.362 e. The molecule has 3 rings (SSSR count). The van der Waals surface area contributed by atoms with Gasteiger partial charge in [0.2, 0.25) is 0 Å². The highest BCUT2D eigenvalue weighted by molar-refractivity contribution is 5.55. The molecule has 7 heteroatoms.